The lowest BCUT2D eigenvalue weighted by Crippen LogP contribution is -2.24. The van der Waals surface area contributed by atoms with Gasteiger partial charge in [-0.25, -0.2) is 0 Å². The third-order valence-electron chi connectivity index (χ3n) is 1.49. The molecule has 0 aliphatic heterocycles. The number of amides is 1. The van der Waals surface area contributed by atoms with E-state index in [1.165, 1.54) is 0 Å². The molecule has 0 saturated carbocycles. The minimum atomic E-state index is -0.0468. The van der Waals surface area contributed by atoms with Crippen LogP contribution in [-0.2, 0) is 4.79 Å². The summed E-state index contributed by atoms with van der Waals surface area (Å²) in [6.45, 7) is 0.322. The molecule has 0 radical (unpaired) electrons. The summed E-state index contributed by atoms with van der Waals surface area (Å²) in [5, 5.41) is 5.51. The summed E-state index contributed by atoms with van der Waals surface area (Å²) in [5.74, 6) is -0.0468. The molecule has 2 N–H and O–H groups in total. The van der Waals surface area contributed by atoms with Crippen LogP contribution in [0.25, 0.3) is 0 Å². The van der Waals surface area contributed by atoms with Crippen LogP contribution in [0, 0.1) is 0 Å². The van der Waals surface area contributed by atoms with E-state index in [1.54, 1.807) is 7.05 Å². The molecule has 70 valence electrons. The standard InChI is InChI=1S/C9H12N2OS/c1-10-6-9(12)11-7-2-4-8(13)5-3-7/h2-5,10,13H,6H2,1H3,(H,11,12). The average molecular weight is 196 g/mol. The second-order valence-electron chi connectivity index (χ2n) is 2.63. The van der Waals surface area contributed by atoms with E-state index in [0.717, 1.165) is 10.6 Å². The Morgan fingerprint density at radius 1 is 1.38 bits per heavy atom. The van der Waals surface area contributed by atoms with Crippen molar-refractivity contribution in [1.82, 2.24) is 5.32 Å². The molecule has 1 rings (SSSR count). The summed E-state index contributed by atoms with van der Waals surface area (Å²) in [6.07, 6.45) is 0. The minimum Gasteiger partial charge on any atom is -0.325 e. The van der Waals surface area contributed by atoms with Crippen LogP contribution in [0.15, 0.2) is 29.2 Å². The Kier molecular flexibility index (Phi) is 3.79. The maximum absolute atomic E-state index is 11.1. The van der Waals surface area contributed by atoms with Gasteiger partial charge < -0.3 is 10.6 Å². The molecule has 1 amide bonds. The Morgan fingerprint density at radius 2 is 2.00 bits per heavy atom. The molecule has 0 atom stereocenters. The smallest absolute Gasteiger partial charge is 0.238 e. The quantitative estimate of drug-likeness (QED) is 0.634. The number of benzene rings is 1. The first-order valence-corrected chi connectivity index (χ1v) is 4.40. The molecule has 3 nitrogen and oxygen atoms in total. The average Bonchev–Trinajstić information content (AvgIpc) is 2.09. The molecule has 0 aromatic heterocycles. The SMILES string of the molecule is CNCC(=O)Nc1ccc(S)cc1. The molecular formula is C9H12N2OS. The highest BCUT2D eigenvalue weighted by Crippen LogP contribution is 2.11. The first kappa shape index (κ1) is 10.1. The van der Waals surface area contributed by atoms with E-state index >= 15 is 0 Å². The predicted molar refractivity (Wildman–Crippen MR) is 56.3 cm³/mol. The third-order valence-corrected chi connectivity index (χ3v) is 1.79. The number of carbonyl (C=O) groups excluding carboxylic acids is 1. The van der Waals surface area contributed by atoms with Gasteiger partial charge in [0.1, 0.15) is 0 Å². The van der Waals surface area contributed by atoms with Crippen molar-refractivity contribution in [3.8, 4) is 0 Å². The lowest BCUT2D eigenvalue weighted by molar-refractivity contribution is -0.115. The summed E-state index contributed by atoms with van der Waals surface area (Å²) in [7, 11) is 1.73. The van der Waals surface area contributed by atoms with Crippen molar-refractivity contribution >= 4 is 24.2 Å². The van der Waals surface area contributed by atoms with E-state index in [0.29, 0.717) is 6.54 Å². The van der Waals surface area contributed by atoms with Crippen molar-refractivity contribution in [2.24, 2.45) is 0 Å². The molecule has 4 heteroatoms. The van der Waals surface area contributed by atoms with Gasteiger partial charge in [-0.2, -0.15) is 0 Å². The first-order valence-electron chi connectivity index (χ1n) is 3.96. The van der Waals surface area contributed by atoms with Gasteiger partial charge in [0.25, 0.3) is 0 Å². The first-order chi connectivity index (χ1) is 6.22. The molecule has 1 aromatic carbocycles. The van der Waals surface area contributed by atoms with Crippen LogP contribution >= 0.6 is 12.6 Å². The van der Waals surface area contributed by atoms with Gasteiger partial charge in [0.05, 0.1) is 6.54 Å². The Morgan fingerprint density at radius 3 is 2.54 bits per heavy atom. The summed E-state index contributed by atoms with van der Waals surface area (Å²) in [6, 6.07) is 7.29. The van der Waals surface area contributed by atoms with E-state index in [-0.39, 0.29) is 5.91 Å². The maximum Gasteiger partial charge on any atom is 0.238 e. The molecule has 0 saturated heterocycles. The molecule has 13 heavy (non-hydrogen) atoms. The molecule has 0 fully saturated rings. The predicted octanol–water partition coefficient (Wildman–Crippen LogP) is 1.13. The number of likely N-dealkylation sites (N-methyl/N-ethyl adjacent to an activating group) is 1. The number of anilines is 1. The fraction of sp³-hybridized carbons (Fsp3) is 0.222. The Bertz CT molecular complexity index is 284. The lowest BCUT2D eigenvalue weighted by Gasteiger charge is -2.03. The van der Waals surface area contributed by atoms with Crippen LogP contribution in [0.5, 0.6) is 0 Å². The third kappa shape index (κ3) is 3.48. The van der Waals surface area contributed by atoms with Gasteiger partial charge in [-0.3, -0.25) is 4.79 Å². The number of hydrogen-bond acceptors (Lipinski definition) is 3. The highest BCUT2D eigenvalue weighted by atomic mass is 32.1. The zero-order chi connectivity index (χ0) is 9.68. The second kappa shape index (κ2) is 4.89. The molecular weight excluding hydrogens is 184 g/mol. The van der Waals surface area contributed by atoms with Gasteiger partial charge in [-0.15, -0.1) is 12.6 Å². The summed E-state index contributed by atoms with van der Waals surface area (Å²) in [4.78, 5) is 12.0. The van der Waals surface area contributed by atoms with Crippen molar-refractivity contribution in [1.29, 1.82) is 0 Å². The van der Waals surface area contributed by atoms with E-state index in [2.05, 4.69) is 23.3 Å². The van der Waals surface area contributed by atoms with Crippen LogP contribution in [0.4, 0.5) is 5.69 Å². The molecule has 0 bridgehead atoms. The van der Waals surface area contributed by atoms with E-state index in [4.69, 9.17) is 0 Å². The molecule has 0 aliphatic carbocycles. The van der Waals surface area contributed by atoms with Gasteiger partial charge in [0.2, 0.25) is 5.91 Å². The highest BCUT2D eigenvalue weighted by molar-refractivity contribution is 7.80. The molecule has 1 aromatic rings. The second-order valence-corrected chi connectivity index (χ2v) is 3.14. The number of nitrogens with one attached hydrogen (secondary N) is 2. The van der Waals surface area contributed by atoms with E-state index in [1.807, 2.05) is 24.3 Å². The van der Waals surface area contributed by atoms with Crippen LogP contribution in [0.3, 0.4) is 0 Å². The topological polar surface area (TPSA) is 41.1 Å². The molecule has 0 aliphatic rings. The van der Waals surface area contributed by atoms with Crippen molar-refractivity contribution in [2.45, 2.75) is 4.90 Å². The van der Waals surface area contributed by atoms with Gasteiger partial charge in [0.15, 0.2) is 0 Å². The van der Waals surface area contributed by atoms with Gasteiger partial charge >= 0.3 is 0 Å². The number of carbonyl (C=O) groups is 1. The molecule has 0 heterocycles. The van der Waals surface area contributed by atoms with E-state index in [9.17, 15) is 4.79 Å². The van der Waals surface area contributed by atoms with E-state index < -0.39 is 0 Å². The Hall–Kier alpha value is -1.00. The minimum absolute atomic E-state index is 0.0468. The zero-order valence-electron chi connectivity index (χ0n) is 7.37. The monoisotopic (exact) mass is 196 g/mol. The summed E-state index contributed by atoms with van der Waals surface area (Å²) < 4.78 is 0. The summed E-state index contributed by atoms with van der Waals surface area (Å²) >= 11 is 4.14. The fourth-order valence-corrected chi connectivity index (χ4v) is 1.06. The van der Waals surface area contributed by atoms with Crippen LogP contribution in [-0.4, -0.2) is 19.5 Å². The molecule has 0 spiro atoms. The Labute approximate surface area is 82.9 Å². The largest absolute Gasteiger partial charge is 0.325 e. The highest BCUT2D eigenvalue weighted by Gasteiger charge is 1.98. The molecule has 0 unspecified atom stereocenters. The number of hydrogen-bond donors (Lipinski definition) is 3. The lowest BCUT2D eigenvalue weighted by atomic mass is 10.3. The van der Waals surface area contributed by atoms with Crippen LogP contribution < -0.4 is 10.6 Å². The normalized spacial score (nSPS) is 9.69. The van der Waals surface area contributed by atoms with Crippen molar-refractivity contribution < 1.29 is 4.79 Å². The number of rotatable bonds is 3. The summed E-state index contributed by atoms with van der Waals surface area (Å²) in [5.41, 5.74) is 0.790. The van der Waals surface area contributed by atoms with Gasteiger partial charge in [-0.05, 0) is 31.3 Å². The maximum atomic E-state index is 11.1. The van der Waals surface area contributed by atoms with Crippen molar-refractivity contribution in [3.05, 3.63) is 24.3 Å². The fourth-order valence-electron chi connectivity index (χ4n) is 0.911. The zero-order valence-corrected chi connectivity index (χ0v) is 8.27. The number of thiol groups is 1. The Balaban J connectivity index is 2.54. The van der Waals surface area contributed by atoms with Crippen LogP contribution in [0.2, 0.25) is 0 Å². The van der Waals surface area contributed by atoms with Gasteiger partial charge in [0, 0.05) is 10.6 Å². The van der Waals surface area contributed by atoms with Crippen LogP contribution in [0.1, 0.15) is 0 Å². The van der Waals surface area contributed by atoms with Gasteiger partial charge in [-0.1, -0.05) is 0 Å². The van der Waals surface area contributed by atoms with Crippen molar-refractivity contribution in [2.75, 3.05) is 18.9 Å². The van der Waals surface area contributed by atoms with Crippen molar-refractivity contribution in [3.63, 3.8) is 0 Å².